The zero-order valence-electron chi connectivity index (χ0n) is 51.8. The maximum Gasteiger partial charge on any atom is 0.335 e. The van der Waals surface area contributed by atoms with Crippen LogP contribution in [0.4, 0.5) is 0 Å². The maximum absolute atomic E-state index is 13.2. The van der Waals surface area contributed by atoms with Gasteiger partial charge in [0.05, 0.1) is 6.61 Å². The zero-order chi connectivity index (χ0) is 58.9. The fraction of sp³-hybridized carbons (Fsp3) is 0.797. The predicted octanol–water partition coefficient (Wildman–Crippen LogP) is 17.9. The van der Waals surface area contributed by atoms with E-state index >= 15 is 0 Å². The van der Waals surface area contributed by atoms with Gasteiger partial charge in [-0.05, 0) is 109 Å². The molecule has 0 aliphatic carbocycles. The van der Waals surface area contributed by atoms with Gasteiger partial charge in [-0.3, -0.25) is 14.4 Å². The molecule has 12 heteroatoms. The second kappa shape index (κ2) is 56.9. The van der Waals surface area contributed by atoms with Crippen LogP contribution in [0.1, 0.15) is 303 Å². The predicted molar refractivity (Wildman–Crippen MR) is 331 cm³/mol. The second-order valence-electron chi connectivity index (χ2n) is 22.7. The van der Waals surface area contributed by atoms with Gasteiger partial charge in [0.25, 0.3) is 0 Å². The van der Waals surface area contributed by atoms with Crippen LogP contribution in [0, 0.1) is 0 Å². The zero-order valence-corrected chi connectivity index (χ0v) is 51.8. The molecule has 6 unspecified atom stereocenters. The van der Waals surface area contributed by atoms with E-state index in [9.17, 15) is 34.5 Å². The number of carboxylic acid groups (broad SMARTS) is 1. The summed E-state index contributed by atoms with van der Waals surface area (Å²) in [6, 6.07) is 0. The molecule has 1 heterocycles. The number of hydrogen-bond donors (Lipinski definition) is 3. The number of carbonyl (C=O) groups is 4. The molecule has 0 aromatic carbocycles. The van der Waals surface area contributed by atoms with Gasteiger partial charge >= 0.3 is 23.9 Å². The van der Waals surface area contributed by atoms with Gasteiger partial charge in [-0.1, -0.05) is 236 Å². The van der Waals surface area contributed by atoms with Crippen molar-refractivity contribution < 1.29 is 58.2 Å². The number of esters is 3. The highest BCUT2D eigenvalue weighted by atomic mass is 16.7. The summed E-state index contributed by atoms with van der Waals surface area (Å²) in [5.41, 5.74) is 0. The first-order valence-corrected chi connectivity index (χ1v) is 33.3. The van der Waals surface area contributed by atoms with E-state index in [0.29, 0.717) is 19.3 Å². The van der Waals surface area contributed by atoms with Gasteiger partial charge in [0, 0.05) is 19.3 Å². The van der Waals surface area contributed by atoms with E-state index in [-0.39, 0.29) is 25.9 Å². The van der Waals surface area contributed by atoms with Crippen molar-refractivity contribution in [1.82, 2.24) is 0 Å². The van der Waals surface area contributed by atoms with E-state index in [4.69, 9.17) is 23.7 Å². The van der Waals surface area contributed by atoms with Gasteiger partial charge in [0.1, 0.15) is 18.8 Å². The molecule has 0 radical (unpaired) electrons. The topological polar surface area (TPSA) is 175 Å². The van der Waals surface area contributed by atoms with Crippen LogP contribution in [0.5, 0.6) is 0 Å². The lowest BCUT2D eigenvalue weighted by molar-refractivity contribution is -0.301. The van der Waals surface area contributed by atoms with Crippen molar-refractivity contribution in [2.24, 2.45) is 0 Å². The van der Waals surface area contributed by atoms with Crippen molar-refractivity contribution in [1.29, 1.82) is 0 Å². The van der Waals surface area contributed by atoms with Crippen LogP contribution >= 0.6 is 0 Å². The number of rotatable bonds is 57. The van der Waals surface area contributed by atoms with Crippen LogP contribution in [0.15, 0.2) is 60.8 Å². The molecule has 1 aliphatic heterocycles. The molecule has 1 fully saturated rings. The minimum atomic E-state index is -1.91. The normalized spacial score (nSPS) is 18.1. The lowest BCUT2D eigenvalue weighted by Crippen LogP contribution is -2.61. The summed E-state index contributed by atoms with van der Waals surface area (Å²) in [5.74, 6) is -3.13. The molecule has 0 saturated carbocycles. The largest absolute Gasteiger partial charge is 0.479 e. The second-order valence-corrected chi connectivity index (χ2v) is 22.7. The van der Waals surface area contributed by atoms with Crippen LogP contribution < -0.4 is 0 Å². The van der Waals surface area contributed by atoms with Crippen molar-refractivity contribution in [3.05, 3.63) is 60.8 Å². The van der Waals surface area contributed by atoms with E-state index in [0.717, 1.165) is 109 Å². The fourth-order valence-electron chi connectivity index (χ4n) is 9.89. The van der Waals surface area contributed by atoms with Crippen molar-refractivity contribution in [3.63, 3.8) is 0 Å². The number of carbonyl (C=O) groups excluding carboxylic acids is 3. The molecular weight excluding hydrogens is 1020 g/mol. The molecule has 0 spiro atoms. The molecule has 0 aromatic rings. The van der Waals surface area contributed by atoms with E-state index in [2.05, 4.69) is 81.5 Å². The van der Waals surface area contributed by atoms with Crippen LogP contribution in [0.3, 0.4) is 0 Å². The summed E-state index contributed by atoms with van der Waals surface area (Å²) < 4.78 is 28.5. The minimum Gasteiger partial charge on any atom is -0.479 e. The van der Waals surface area contributed by atoms with Crippen LogP contribution in [0.25, 0.3) is 0 Å². The molecular formula is C69H120O12. The van der Waals surface area contributed by atoms with Crippen molar-refractivity contribution >= 4 is 23.9 Å². The van der Waals surface area contributed by atoms with Gasteiger partial charge in [-0.2, -0.15) is 0 Å². The third-order valence-electron chi connectivity index (χ3n) is 15.0. The van der Waals surface area contributed by atoms with Gasteiger partial charge in [0.2, 0.25) is 0 Å². The van der Waals surface area contributed by atoms with Crippen LogP contribution in [-0.4, -0.2) is 89.2 Å². The summed E-state index contributed by atoms with van der Waals surface area (Å²) in [6.07, 6.45) is 58.9. The first-order valence-electron chi connectivity index (χ1n) is 33.3. The number of allylic oxidation sites excluding steroid dienone is 10. The molecule has 6 atom stereocenters. The molecule has 468 valence electrons. The maximum atomic E-state index is 13.2. The summed E-state index contributed by atoms with van der Waals surface area (Å²) in [7, 11) is 0. The number of aliphatic hydroxyl groups excluding tert-OH is 2. The molecule has 3 N–H and O–H groups in total. The summed E-state index contributed by atoms with van der Waals surface area (Å²) in [4.78, 5) is 51.3. The highest BCUT2D eigenvalue weighted by molar-refractivity contribution is 5.74. The number of unbranched alkanes of at least 4 members (excludes halogenated alkanes) is 33. The Morgan fingerprint density at radius 2 is 0.741 bits per heavy atom. The van der Waals surface area contributed by atoms with Crippen molar-refractivity contribution in [2.45, 2.75) is 340 Å². The molecule has 12 nitrogen and oxygen atoms in total. The van der Waals surface area contributed by atoms with Gasteiger partial charge < -0.3 is 39.0 Å². The summed E-state index contributed by atoms with van der Waals surface area (Å²) in [5, 5.41) is 31.6. The van der Waals surface area contributed by atoms with E-state index < -0.39 is 67.3 Å². The Kier molecular flexibility index (Phi) is 53.0. The Labute approximate surface area is 494 Å². The van der Waals surface area contributed by atoms with E-state index in [1.54, 1.807) is 0 Å². The Bertz CT molecular complexity index is 1640. The van der Waals surface area contributed by atoms with Crippen molar-refractivity contribution in [2.75, 3.05) is 13.2 Å². The molecule has 1 rings (SSSR count). The smallest absolute Gasteiger partial charge is 0.335 e. The Hall–Kier alpha value is -3.58. The van der Waals surface area contributed by atoms with Crippen molar-refractivity contribution in [3.8, 4) is 0 Å². The number of ether oxygens (including phenoxy) is 5. The number of aliphatic hydroxyl groups is 2. The average molecular weight is 1140 g/mol. The molecule has 0 bridgehead atoms. The number of hydrogen-bond acceptors (Lipinski definition) is 11. The third-order valence-corrected chi connectivity index (χ3v) is 15.0. The fourth-order valence-corrected chi connectivity index (χ4v) is 9.89. The standard InChI is InChI=1S/C69H120O12/c1-4-7-10-13-16-19-22-25-27-29-31-33-35-38-40-43-46-49-52-55-61(70)77-58-60(79-62(71)56-53-50-47-44-42-39-36-34-32-30-28-26-23-20-17-14-11-8-5-2)59-78-69-67(65(74)64(73)66(81-69)68(75)76)80-63(72)57-54-51-48-45-41-37-24-21-18-15-12-9-6-3/h16,19,21,24-28,31,33,60,64-67,69,73-74H,4-15,17-18,20,22-23,29-30,32,34-59H2,1-3H3,(H,75,76)/b19-16-,24-21-,27-25-,28-26-,33-31-. The molecule has 81 heavy (non-hydrogen) atoms. The monoisotopic (exact) mass is 1140 g/mol. The highest BCUT2D eigenvalue weighted by Crippen LogP contribution is 2.27. The molecule has 1 aliphatic rings. The SMILES string of the molecule is CCCCC/C=C\C/C=C\C/C=C\CCCCCCCCC(=O)OCC(COC1OC(C(=O)O)C(O)C(O)C1OC(=O)CCCCCCC/C=C\CCCCCC)OC(=O)CCCCCCCCCCC/C=C\CCCCCCCC. The van der Waals surface area contributed by atoms with Crippen LogP contribution in [0.2, 0.25) is 0 Å². The summed E-state index contributed by atoms with van der Waals surface area (Å²) in [6.45, 7) is 5.96. The van der Waals surface area contributed by atoms with Crippen LogP contribution in [-0.2, 0) is 42.9 Å². The first kappa shape index (κ1) is 75.4. The Balaban J connectivity index is 2.66. The minimum absolute atomic E-state index is 0.0492. The lowest BCUT2D eigenvalue weighted by Gasteiger charge is -2.40. The Morgan fingerprint density at radius 1 is 0.407 bits per heavy atom. The van der Waals surface area contributed by atoms with Gasteiger partial charge in [0.15, 0.2) is 24.6 Å². The quantitative estimate of drug-likeness (QED) is 0.0228. The first-order chi connectivity index (χ1) is 39.6. The average Bonchev–Trinajstić information content (AvgIpc) is 3.46. The lowest BCUT2D eigenvalue weighted by atomic mass is 9.98. The highest BCUT2D eigenvalue weighted by Gasteiger charge is 2.50. The van der Waals surface area contributed by atoms with E-state index in [1.807, 2.05) is 0 Å². The molecule has 0 amide bonds. The third kappa shape index (κ3) is 46.5. The number of aliphatic carboxylic acids is 1. The molecule has 0 aromatic heterocycles. The van der Waals surface area contributed by atoms with E-state index in [1.165, 1.54) is 135 Å². The van der Waals surface area contributed by atoms with Gasteiger partial charge in [-0.25, -0.2) is 4.79 Å². The molecule has 1 saturated heterocycles. The number of carboxylic acids is 1. The van der Waals surface area contributed by atoms with Gasteiger partial charge in [-0.15, -0.1) is 0 Å². The summed E-state index contributed by atoms with van der Waals surface area (Å²) >= 11 is 0. The Morgan fingerprint density at radius 3 is 1.17 bits per heavy atom.